The van der Waals surface area contributed by atoms with Crippen LogP contribution in [0.1, 0.15) is 50.0 Å². The van der Waals surface area contributed by atoms with Crippen LogP contribution >= 0.6 is 11.3 Å². The summed E-state index contributed by atoms with van der Waals surface area (Å²) in [6.45, 7) is 13.7. The number of aryl methyl sites for hydroxylation is 2. The van der Waals surface area contributed by atoms with Gasteiger partial charge in [0.05, 0.1) is 18.0 Å². The van der Waals surface area contributed by atoms with Crippen LogP contribution in [0.2, 0.25) is 0 Å². The van der Waals surface area contributed by atoms with Crippen LogP contribution in [-0.4, -0.2) is 33.3 Å². The molecule has 0 aliphatic heterocycles. The fourth-order valence-electron chi connectivity index (χ4n) is 2.69. The number of hydrogen-bond donors (Lipinski definition) is 0. The van der Waals surface area contributed by atoms with E-state index in [-0.39, 0.29) is 11.3 Å². The number of fused-ring (bicyclic) bond motifs is 1. The Hall–Kier alpha value is -1.53. The van der Waals surface area contributed by atoms with E-state index in [1.165, 1.54) is 6.92 Å². The second-order valence-electron chi connectivity index (χ2n) is 5.91. The number of Topliss-reactive ketones (excluding diaryl/α,β-unsaturated/α-hetero) is 1. The van der Waals surface area contributed by atoms with Crippen LogP contribution in [0.25, 0.3) is 10.2 Å². The summed E-state index contributed by atoms with van der Waals surface area (Å²) in [7, 11) is 0. The van der Waals surface area contributed by atoms with Crippen LogP contribution in [-0.2, 0) is 11.3 Å². The molecule has 23 heavy (non-hydrogen) atoms. The highest BCUT2D eigenvalue weighted by molar-refractivity contribution is 7.18. The third-order valence-corrected chi connectivity index (χ3v) is 5.64. The molecule has 2 aromatic rings. The van der Waals surface area contributed by atoms with Gasteiger partial charge < -0.3 is 0 Å². The molecule has 0 radical (unpaired) electrons. The van der Waals surface area contributed by atoms with Crippen molar-refractivity contribution in [2.45, 2.75) is 54.1 Å². The average Bonchev–Trinajstić information content (AvgIpc) is 2.79. The molecule has 0 fully saturated rings. The molecule has 0 saturated carbocycles. The first-order chi connectivity index (χ1) is 10.8. The zero-order valence-corrected chi connectivity index (χ0v) is 15.6. The van der Waals surface area contributed by atoms with Crippen LogP contribution in [0.5, 0.6) is 0 Å². The lowest BCUT2D eigenvalue weighted by Gasteiger charge is -2.22. The molecule has 1 atom stereocenters. The predicted octanol–water partition coefficient (Wildman–Crippen LogP) is 3.07. The Morgan fingerprint density at radius 1 is 1.30 bits per heavy atom. The molecule has 5 nitrogen and oxygen atoms in total. The summed E-state index contributed by atoms with van der Waals surface area (Å²) in [5, 5.41) is 0.656. The SMILES string of the molecule is CCN(CC)Cc1nc2sc(C)c(C)c2c(=O)n1C(C)C(C)=O. The van der Waals surface area contributed by atoms with Gasteiger partial charge in [-0.1, -0.05) is 13.8 Å². The summed E-state index contributed by atoms with van der Waals surface area (Å²) in [5.74, 6) is 0.647. The van der Waals surface area contributed by atoms with Gasteiger partial charge in [-0.25, -0.2) is 4.98 Å². The highest BCUT2D eigenvalue weighted by Crippen LogP contribution is 2.27. The third-order valence-electron chi connectivity index (χ3n) is 4.54. The van der Waals surface area contributed by atoms with Crippen molar-refractivity contribution < 1.29 is 4.79 Å². The van der Waals surface area contributed by atoms with Gasteiger partial charge in [-0.05, 0) is 46.3 Å². The lowest BCUT2D eigenvalue weighted by molar-refractivity contribution is -0.119. The smallest absolute Gasteiger partial charge is 0.263 e. The Labute approximate surface area is 140 Å². The van der Waals surface area contributed by atoms with Crippen LogP contribution in [0.4, 0.5) is 0 Å². The topological polar surface area (TPSA) is 55.2 Å². The van der Waals surface area contributed by atoms with Crippen molar-refractivity contribution in [2.24, 2.45) is 0 Å². The van der Waals surface area contributed by atoms with Gasteiger partial charge >= 0.3 is 0 Å². The summed E-state index contributed by atoms with van der Waals surface area (Å²) >= 11 is 1.55. The maximum Gasteiger partial charge on any atom is 0.263 e. The van der Waals surface area contributed by atoms with Crippen LogP contribution in [0.3, 0.4) is 0 Å². The lowest BCUT2D eigenvalue weighted by atomic mass is 10.2. The molecule has 0 bridgehead atoms. The number of carbonyl (C=O) groups is 1. The van der Waals surface area contributed by atoms with Gasteiger partial charge in [0.2, 0.25) is 0 Å². The molecule has 2 aromatic heterocycles. The Balaban J connectivity index is 2.75. The number of hydrogen-bond acceptors (Lipinski definition) is 5. The average molecular weight is 335 g/mol. The van der Waals surface area contributed by atoms with Crippen molar-refractivity contribution in [1.29, 1.82) is 0 Å². The number of ketones is 1. The summed E-state index contributed by atoms with van der Waals surface area (Å²) in [6.07, 6.45) is 0. The predicted molar refractivity (Wildman–Crippen MR) is 95.4 cm³/mol. The molecule has 1 unspecified atom stereocenters. The molecule has 0 spiro atoms. The van der Waals surface area contributed by atoms with Crippen LogP contribution < -0.4 is 5.56 Å². The minimum atomic E-state index is -0.496. The molecule has 0 N–H and O–H groups in total. The van der Waals surface area contributed by atoms with E-state index in [9.17, 15) is 9.59 Å². The standard InChI is InChI=1S/C17H25N3O2S/c1-7-19(8-2)9-14-18-16-15(10(3)13(6)23-16)17(22)20(14)11(4)12(5)21/h11H,7-9H2,1-6H3. The summed E-state index contributed by atoms with van der Waals surface area (Å²) in [4.78, 5) is 33.8. The number of carbonyl (C=O) groups excluding carboxylic acids is 1. The number of aromatic nitrogens is 2. The number of rotatable bonds is 6. The molecule has 0 amide bonds. The summed E-state index contributed by atoms with van der Waals surface area (Å²) in [5.41, 5.74) is 0.878. The van der Waals surface area contributed by atoms with Gasteiger partial charge in [-0.3, -0.25) is 19.1 Å². The minimum absolute atomic E-state index is 0.0290. The fourth-order valence-corrected chi connectivity index (χ4v) is 3.73. The zero-order valence-electron chi connectivity index (χ0n) is 14.8. The molecule has 0 aliphatic carbocycles. The molecule has 2 heterocycles. The Kier molecular flexibility index (Phi) is 5.37. The van der Waals surface area contributed by atoms with Crippen molar-refractivity contribution >= 4 is 27.3 Å². The molecular weight excluding hydrogens is 310 g/mol. The fraction of sp³-hybridized carbons (Fsp3) is 0.588. The summed E-state index contributed by atoms with van der Waals surface area (Å²) in [6, 6.07) is -0.496. The lowest BCUT2D eigenvalue weighted by Crippen LogP contribution is -2.34. The second kappa shape index (κ2) is 6.93. The van der Waals surface area contributed by atoms with E-state index in [0.29, 0.717) is 17.8 Å². The highest BCUT2D eigenvalue weighted by Gasteiger charge is 2.22. The number of nitrogens with zero attached hydrogens (tertiary/aromatic N) is 3. The highest BCUT2D eigenvalue weighted by atomic mass is 32.1. The molecule has 0 saturated heterocycles. The minimum Gasteiger partial charge on any atom is -0.298 e. The van der Waals surface area contributed by atoms with E-state index < -0.39 is 6.04 Å². The van der Waals surface area contributed by atoms with Gasteiger partial charge in [0, 0.05) is 4.88 Å². The molecule has 0 aromatic carbocycles. The first-order valence-electron chi connectivity index (χ1n) is 8.05. The molecule has 126 valence electrons. The molecule has 0 aliphatic rings. The maximum atomic E-state index is 13.0. The van der Waals surface area contributed by atoms with Crippen molar-refractivity contribution in [3.8, 4) is 0 Å². The van der Waals surface area contributed by atoms with E-state index >= 15 is 0 Å². The van der Waals surface area contributed by atoms with Crippen LogP contribution in [0.15, 0.2) is 4.79 Å². The molecule has 2 rings (SSSR count). The Bertz CT molecular complexity index is 787. The van der Waals surface area contributed by atoms with Gasteiger partial charge in [0.15, 0.2) is 5.78 Å². The largest absolute Gasteiger partial charge is 0.298 e. The van der Waals surface area contributed by atoms with E-state index in [1.54, 1.807) is 22.8 Å². The quantitative estimate of drug-likeness (QED) is 0.814. The molecular formula is C17H25N3O2S. The van der Waals surface area contributed by atoms with E-state index in [1.807, 2.05) is 13.8 Å². The van der Waals surface area contributed by atoms with Crippen LogP contribution in [0, 0.1) is 13.8 Å². The van der Waals surface area contributed by atoms with Gasteiger partial charge in [-0.15, -0.1) is 11.3 Å². The van der Waals surface area contributed by atoms with Crippen molar-refractivity contribution in [3.05, 3.63) is 26.6 Å². The Morgan fingerprint density at radius 3 is 2.43 bits per heavy atom. The van der Waals surface area contributed by atoms with E-state index in [0.717, 1.165) is 28.4 Å². The normalized spacial score (nSPS) is 13.0. The van der Waals surface area contributed by atoms with Crippen molar-refractivity contribution in [2.75, 3.05) is 13.1 Å². The Morgan fingerprint density at radius 2 is 1.91 bits per heavy atom. The summed E-state index contributed by atoms with van der Waals surface area (Å²) < 4.78 is 1.59. The van der Waals surface area contributed by atoms with Crippen molar-refractivity contribution in [1.82, 2.24) is 14.5 Å². The first kappa shape index (κ1) is 17.8. The van der Waals surface area contributed by atoms with Gasteiger partial charge in [-0.2, -0.15) is 0 Å². The van der Waals surface area contributed by atoms with Crippen molar-refractivity contribution in [3.63, 3.8) is 0 Å². The second-order valence-corrected chi connectivity index (χ2v) is 7.12. The maximum absolute atomic E-state index is 13.0. The van der Waals surface area contributed by atoms with Gasteiger partial charge in [0.1, 0.15) is 10.7 Å². The van der Waals surface area contributed by atoms with Gasteiger partial charge in [0.25, 0.3) is 5.56 Å². The van der Waals surface area contributed by atoms with E-state index in [2.05, 4.69) is 18.7 Å². The molecule has 6 heteroatoms. The third kappa shape index (κ3) is 3.23. The zero-order chi connectivity index (χ0) is 17.3. The van der Waals surface area contributed by atoms with E-state index in [4.69, 9.17) is 4.98 Å². The first-order valence-corrected chi connectivity index (χ1v) is 8.87. The monoisotopic (exact) mass is 335 g/mol. The number of thiophene rings is 1.